The minimum atomic E-state index is -3.63. The summed E-state index contributed by atoms with van der Waals surface area (Å²) in [6.07, 6.45) is 3.55. The number of nitrogens with two attached hydrogens (primary N) is 1. The maximum atomic E-state index is 11.3. The highest BCUT2D eigenvalue weighted by molar-refractivity contribution is 7.89. The third-order valence-corrected chi connectivity index (χ3v) is 4.95. The largest absolute Gasteiger partial charge is 0.369 e. The van der Waals surface area contributed by atoms with Crippen LogP contribution in [0.3, 0.4) is 0 Å². The molecule has 9 heteroatoms. The van der Waals surface area contributed by atoms with E-state index < -0.39 is 10.0 Å². The van der Waals surface area contributed by atoms with Crippen molar-refractivity contribution < 1.29 is 8.42 Å². The number of nitrogens with zero attached hydrogens (tertiary/aromatic N) is 5. The molecule has 0 aliphatic carbocycles. The van der Waals surface area contributed by atoms with Gasteiger partial charge in [0.05, 0.1) is 17.6 Å². The summed E-state index contributed by atoms with van der Waals surface area (Å²) in [5.74, 6) is 0. The van der Waals surface area contributed by atoms with Gasteiger partial charge in [-0.3, -0.25) is 9.58 Å². The molecule has 3 rings (SSSR count). The molecular weight excluding hydrogens is 316 g/mol. The first-order chi connectivity index (χ1) is 11.0. The highest BCUT2D eigenvalue weighted by Gasteiger charge is 2.17. The molecule has 1 aromatic heterocycles. The van der Waals surface area contributed by atoms with Gasteiger partial charge in [-0.05, 0) is 24.3 Å². The second-order valence-electron chi connectivity index (χ2n) is 5.53. The van der Waals surface area contributed by atoms with E-state index in [1.54, 1.807) is 18.3 Å². The van der Waals surface area contributed by atoms with E-state index in [0.717, 1.165) is 45.0 Å². The third-order valence-electron chi connectivity index (χ3n) is 4.02. The fourth-order valence-corrected chi connectivity index (χ4v) is 3.19. The van der Waals surface area contributed by atoms with E-state index in [0.29, 0.717) is 0 Å². The topological polar surface area (TPSA) is 97.3 Å². The van der Waals surface area contributed by atoms with Crippen molar-refractivity contribution in [3.63, 3.8) is 0 Å². The van der Waals surface area contributed by atoms with E-state index in [2.05, 4.69) is 20.1 Å². The van der Waals surface area contributed by atoms with Gasteiger partial charge >= 0.3 is 0 Å². The van der Waals surface area contributed by atoms with Gasteiger partial charge in [-0.15, -0.1) is 5.10 Å². The number of piperazine rings is 1. The van der Waals surface area contributed by atoms with Gasteiger partial charge in [0.1, 0.15) is 0 Å². The fraction of sp³-hybridized carbons (Fsp3) is 0.429. The molecule has 2 heterocycles. The Bertz CT molecular complexity index is 721. The lowest BCUT2D eigenvalue weighted by Gasteiger charge is -2.36. The Morgan fingerprint density at radius 2 is 1.74 bits per heavy atom. The molecule has 23 heavy (non-hydrogen) atoms. The molecule has 1 fully saturated rings. The normalized spacial score (nSPS) is 16.7. The van der Waals surface area contributed by atoms with Crippen LogP contribution in [0.1, 0.15) is 0 Å². The summed E-state index contributed by atoms with van der Waals surface area (Å²) >= 11 is 0. The summed E-state index contributed by atoms with van der Waals surface area (Å²) in [5, 5.41) is 12.9. The van der Waals surface area contributed by atoms with Crippen LogP contribution in [0.15, 0.2) is 41.6 Å². The molecule has 0 amide bonds. The number of hydrogen-bond acceptors (Lipinski definition) is 6. The van der Waals surface area contributed by atoms with Gasteiger partial charge in [-0.25, -0.2) is 13.6 Å². The van der Waals surface area contributed by atoms with E-state index >= 15 is 0 Å². The molecule has 1 aliphatic heterocycles. The number of rotatable bonds is 5. The molecule has 0 atom stereocenters. The van der Waals surface area contributed by atoms with Crippen LogP contribution >= 0.6 is 0 Å². The Labute approximate surface area is 135 Å². The Morgan fingerprint density at radius 3 is 2.30 bits per heavy atom. The first-order valence-corrected chi connectivity index (χ1v) is 9.01. The molecule has 0 radical (unpaired) electrons. The van der Waals surface area contributed by atoms with Crippen molar-refractivity contribution in [2.45, 2.75) is 11.4 Å². The first-order valence-electron chi connectivity index (χ1n) is 7.47. The third kappa shape index (κ3) is 4.06. The van der Waals surface area contributed by atoms with Gasteiger partial charge in [0.15, 0.2) is 0 Å². The van der Waals surface area contributed by atoms with Gasteiger partial charge in [-0.1, -0.05) is 5.21 Å². The van der Waals surface area contributed by atoms with Gasteiger partial charge in [0, 0.05) is 44.6 Å². The van der Waals surface area contributed by atoms with Crippen molar-refractivity contribution in [2.24, 2.45) is 5.14 Å². The number of sulfonamides is 1. The highest BCUT2D eigenvalue weighted by Crippen LogP contribution is 2.18. The van der Waals surface area contributed by atoms with Crippen molar-refractivity contribution in [1.82, 2.24) is 19.9 Å². The maximum absolute atomic E-state index is 11.3. The van der Waals surface area contributed by atoms with Crippen molar-refractivity contribution in [2.75, 3.05) is 37.6 Å². The summed E-state index contributed by atoms with van der Waals surface area (Å²) in [7, 11) is -3.63. The van der Waals surface area contributed by atoms with E-state index in [1.165, 1.54) is 0 Å². The van der Waals surface area contributed by atoms with Crippen molar-refractivity contribution in [3.05, 3.63) is 36.7 Å². The average molecular weight is 336 g/mol. The summed E-state index contributed by atoms with van der Waals surface area (Å²) < 4.78 is 24.4. The first kappa shape index (κ1) is 15.9. The molecule has 124 valence electrons. The molecule has 0 unspecified atom stereocenters. The van der Waals surface area contributed by atoms with Crippen molar-refractivity contribution >= 4 is 15.7 Å². The Kier molecular flexibility index (Phi) is 4.60. The molecule has 2 N–H and O–H groups in total. The van der Waals surface area contributed by atoms with E-state index in [9.17, 15) is 8.42 Å². The zero-order valence-corrected chi connectivity index (χ0v) is 13.6. The number of benzene rings is 1. The van der Waals surface area contributed by atoms with Crippen LogP contribution in [0.4, 0.5) is 5.69 Å². The van der Waals surface area contributed by atoms with E-state index in [-0.39, 0.29) is 4.90 Å². The second-order valence-corrected chi connectivity index (χ2v) is 7.10. The van der Waals surface area contributed by atoms with Crippen LogP contribution < -0.4 is 10.0 Å². The van der Waals surface area contributed by atoms with Crippen LogP contribution in [-0.4, -0.2) is 61.0 Å². The number of aromatic nitrogens is 3. The average Bonchev–Trinajstić information content (AvgIpc) is 3.06. The number of anilines is 1. The van der Waals surface area contributed by atoms with Gasteiger partial charge < -0.3 is 4.90 Å². The minimum absolute atomic E-state index is 0.146. The quantitative estimate of drug-likeness (QED) is 0.808. The van der Waals surface area contributed by atoms with Crippen LogP contribution in [0.25, 0.3) is 0 Å². The molecule has 2 aromatic rings. The molecule has 0 saturated carbocycles. The molecule has 1 aromatic carbocycles. The molecule has 8 nitrogen and oxygen atoms in total. The Hall–Kier alpha value is -1.97. The minimum Gasteiger partial charge on any atom is -0.369 e. The summed E-state index contributed by atoms with van der Waals surface area (Å²) in [5.41, 5.74) is 1.02. The highest BCUT2D eigenvalue weighted by atomic mass is 32.2. The monoisotopic (exact) mass is 336 g/mol. The SMILES string of the molecule is NS(=O)(=O)c1ccc(N2CCN(CCn3ccnn3)CC2)cc1. The zero-order chi connectivity index (χ0) is 16.3. The smallest absolute Gasteiger partial charge is 0.238 e. The Balaban J connectivity index is 1.52. The summed E-state index contributed by atoms with van der Waals surface area (Å²) in [4.78, 5) is 4.78. The fourth-order valence-electron chi connectivity index (χ4n) is 2.67. The van der Waals surface area contributed by atoms with E-state index in [1.807, 2.05) is 23.0 Å². The molecule has 1 saturated heterocycles. The van der Waals surface area contributed by atoms with Gasteiger partial charge in [0.2, 0.25) is 10.0 Å². The van der Waals surface area contributed by atoms with Crippen LogP contribution in [0.5, 0.6) is 0 Å². The molecule has 0 bridgehead atoms. The van der Waals surface area contributed by atoms with Crippen LogP contribution in [0, 0.1) is 0 Å². The lowest BCUT2D eigenvalue weighted by Crippen LogP contribution is -2.47. The lowest BCUT2D eigenvalue weighted by atomic mass is 10.2. The zero-order valence-electron chi connectivity index (χ0n) is 12.7. The summed E-state index contributed by atoms with van der Waals surface area (Å²) in [6, 6.07) is 6.74. The Morgan fingerprint density at radius 1 is 1.04 bits per heavy atom. The number of hydrogen-bond donors (Lipinski definition) is 1. The predicted octanol–water partition coefficient (Wildman–Crippen LogP) is -0.252. The number of primary sulfonamides is 1. The van der Waals surface area contributed by atoms with Crippen LogP contribution in [-0.2, 0) is 16.6 Å². The van der Waals surface area contributed by atoms with Gasteiger partial charge in [0.25, 0.3) is 0 Å². The predicted molar refractivity (Wildman–Crippen MR) is 86.5 cm³/mol. The van der Waals surface area contributed by atoms with Crippen LogP contribution in [0.2, 0.25) is 0 Å². The standard InChI is InChI=1S/C14H20N6O2S/c15-23(21,22)14-3-1-13(2-4-14)19-10-7-18(8-11-19)9-12-20-6-5-16-17-20/h1-6H,7-12H2,(H2,15,21,22). The van der Waals surface area contributed by atoms with Crippen molar-refractivity contribution in [1.29, 1.82) is 0 Å². The molecule has 1 aliphatic rings. The second kappa shape index (κ2) is 6.65. The molecular formula is C14H20N6O2S. The maximum Gasteiger partial charge on any atom is 0.238 e. The van der Waals surface area contributed by atoms with Gasteiger partial charge in [-0.2, -0.15) is 0 Å². The lowest BCUT2D eigenvalue weighted by molar-refractivity contribution is 0.244. The molecule has 0 spiro atoms. The van der Waals surface area contributed by atoms with E-state index in [4.69, 9.17) is 5.14 Å². The van der Waals surface area contributed by atoms with Crippen molar-refractivity contribution in [3.8, 4) is 0 Å². The summed E-state index contributed by atoms with van der Waals surface area (Å²) in [6.45, 7) is 5.53.